The van der Waals surface area contributed by atoms with Crippen LogP contribution < -0.4 is 10.6 Å². The number of rotatable bonds is 4. The number of allylic oxidation sites excluding steroid dienone is 3. The summed E-state index contributed by atoms with van der Waals surface area (Å²) >= 11 is 0. The molecule has 1 aliphatic heterocycles. The van der Waals surface area contributed by atoms with Gasteiger partial charge in [-0.1, -0.05) is 31.2 Å². The summed E-state index contributed by atoms with van der Waals surface area (Å²) in [4.78, 5) is 25.5. The molecule has 0 spiro atoms. The second-order valence-electron chi connectivity index (χ2n) is 6.22. The number of hydrogen-bond donors (Lipinski definition) is 2. The monoisotopic (exact) mass is 335 g/mol. The lowest BCUT2D eigenvalue weighted by Crippen LogP contribution is -2.35. The van der Waals surface area contributed by atoms with E-state index in [4.69, 9.17) is 0 Å². The molecule has 24 heavy (non-hydrogen) atoms. The third-order valence-electron chi connectivity index (χ3n) is 4.08. The van der Waals surface area contributed by atoms with E-state index < -0.39 is 0 Å². The van der Waals surface area contributed by atoms with Crippen molar-refractivity contribution >= 4 is 11.8 Å². The molecule has 0 saturated carbocycles. The first-order chi connectivity index (χ1) is 11.6. The van der Waals surface area contributed by atoms with Crippen molar-refractivity contribution < 1.29 is 9.59 Å². The Balaban J connectivity index is 2.53. The Labute approximate surface area is 146 Å². The zero-order valence-electron chi connectivity index (χ0n) is 15.2. The van der Waals surface area contributed by atoms with Crippen LogP contribution in [0.5, 0.6) is 0 Å². The van der Waals surface area contributed by atoms with Gasteiger partial charge in [0.1, 0.15) is 0 Å². The first-order valence-corrected chi connectivity index (χ1v) is 9.20. The summed E-state index contributed by atoms with van der Waals surface area (Å²) in [6, 6.07) is 0.0738. The third-order valence-corrected chi connectivity index (χ3v) is 4.08. The van der Waals surface area contributed by atoms with Gasteiger partial charge in [0.25, 0.3) is 0 Å². The molecule has 136 valence electrons. The summed E-state index contributed by atoms with van der Waals surface area (Å²) in [6.07, 6.45) is 13.7. The van der Waals surface area contributed by atoms with E-state index in [2.05, 4.69) is 41.9 Å². The predicted molar refractivity (Wildman–Crippen MR) is 98.7 cm³/mol. The van der Waals surface area contributed by atoms with Crippen molar-refractivity contribution in [2.45, 2.75) is 58.4 Å². The Kier molecular flexibility index (Phi) is 10.9. The lowest BCUT2D eigenvalue weighted by Gasteiger charge is -2.20. The van der Waals surface area contributed by atoms with Gasteiger partial charge in [0.05, 0.1) is 0 Å². The highest BCUT2D eigenvalue weighted by molar-refractivity contribution is 5.76. The maximum atomic E-state index is 12.1. The molecule has 2 N–H and O–H groups in total. The van der Waals surface area contributed by atoms with Crippen molar-refractivity contribution in [2.75, 3.05) is 26.2 Å². The summed E-state index contributed by atoms with van der Waals surface area (Å²) in [7, 11) is 0. The highest BCUT2D eigenvalue weighted by atomic mass is 16.2. The average molecular weight is 335 g/mol. The SMILES string of the molecule is CCC=CCC=CC1CC(=O)NCCCN(C(C)=O)CCCCN1. The van der Waals surface area contributed by atoms with Crippen LogP contribution in [0.1, 0.15) is 52.4 Å². The molecular formula is C19H33N3O2. The third kappa shape index (κ3) is 9.50. The van der Waals surface area contributed by atoms with Crippen LogP contribution in [-0.4, -0.2) is 48.9 Å². The number of hydrogen-bond acceptors (Lipinski definition) is 3. The molecule has 0 radical (unpaired) electrons. The fraction of sp³-hybridized carbons (Fsp3) is 0.684. The van der Waals surface area contributed by atoms with E-state index in [1.165, 1.54) is 0 Å². The van der Waals surface area contributed by atoms with Crippen molar-refractivity contribution in [1.29, 1.82) is 0 Å². The minimum absolute atomic E-state index is 0.0647. The first-order valence-electron chi connectivity index (χ1n) is 9.20. The lowest BCUT2D eigenvalue weighted by atomic mass is 10.1. The molecule has 0 aromatic rings. The van der Waals surface area contributed by atoms with Crippen LogP contribution in [0.15, 0.2) is 24.3 Å². The summed E-state index contributed by atoms with van der Waals surface area (Å²) in [5, 5.41) is 6.40. The van der Waals surface area contributed by atoms with Crippen molar-refractivity contribution in [1.82, 2.24) is 15.5 Å². The van der Waals surface area contributed by atoms with Gasteiger partial charge in [-0.25, -0.2) is 0 Å². The van der Waals surface area contributed by atoms with Gasteiger partial charge in [-0.05, 0) is 38.6 Å². The Hall–Kier alpha value is -1.62. The van der Waals surface area contributed by atoms with Crippen LogP contribution in [0.4, 0.5) is 0 Å². The topological polar surface area (TPSA) is 61.4 Å². The number of carbonyl (C=O) groups is 2. The Bertz CT molecular complexity index is 432. The molecule has 5 nitrogen and oxygen atoms in total. The largest absolute Gasteiger partial charge is 0.356 e. The summed E-state index contributed by atoms with van der Waals surface area (Å²) in [6.45, 7) is 6.73. The normalized spacial score (nSPS) is 22.0. The highest BCUT2D eigenvalue weighted by Crippen LogP contribution is 2.02. The second-order valence-corrected chi connectivity index (χ2v) is 6.22. The molecule has 1 fully saturated rings. The summed E-state index contributed by atoms with van der Waals surface area (Å²) < 4.78 is 0. The molecule has 2 amide bonds. The fourth-order valence-electron chi connectivity index (χ4n) is 2.70. The van der Waals surface area contributed by atoms with Gasteiger partial charge in [0.15, 0.2) is 0 Å². The van der Waals surface area contributed by atoms with E-state index in [1.807, 2.05) is 4.90 Å². The molecule has 0 aliphatic carbocycles. The minimum Gasteiger partial charge on any atom is -0.356 e. The Morgan fingerprint density at radius 1 is 1.17 bits per heavy atom. The van der Waals surface area contributed by atoms with Crippen LogP contribution >= 0.6 is 0 Å². The van der Waals surface area contributed by atoms with Gasteiger partial charge in [-0.15, -0.1) is 0 Å². The van der Waals surface area contributed by atoms with Gasteiger partial charge in [-0.2, -0.15) is 0 Å². The molecule has 1 unspecified atom stereocenters. The maximum absolute atomic E-state index is 12.1. The maximum Gasteiger partial charge on any atom is 0.221 e. The van der Waals surface area contributed by atoms with Crippen LogP contribution in [0.25, 0.3) is 0 Å². The number of nitrogens with zero attached hydrogens (tertiary/aromatic N) is 1. The van der Waals surface area contributed by atoms with Crippen LogP contribution in [0, 0.1) is 0 Å². The van der Waals surface area contributed by atoms with Crippen molar-refractivity contribution in [3.8, 4) is 0 Å². The molecule has 1 rings (SSSR count). The molecular weight excluding hydrogens is 302 g/mol. The van der Waals surface area contributed by atoms with Crippen molar-refractivity contribution in [2.24, 2.45) is 0 Å². The standard InChI is InChI=1S/C19H33N3O2/c1-3-4-5-6-7-11-18-16-19(24)21-13-10-15-22(17(2)23)14-9-8-12-20-18/h4-5,7,11,18,20H,3,6,8-10,12-16H2,1-2H3,(H,21,24). The molecule has 0 aromatic heterocycles. The van der Waals surface area contributed by atoms with Crippen LogP contribution in [-0.2, 0) is 9.59 Å². The molecule has 0 aromatic carbocycles. The summed E-state index contributed by atoms with van der Waals surface area (Å²) in [5.41, 5.74) is 0. The molecule has 1 aliphatic rings. The van der Waals surface area contributed by atoms with E-state index in [-0.39, 0.29) is 17.9 Å². The lowest BCUT2D eigenvalue weighted by molar-refractivity contribution is -0.129. The van der Waals surface area contributed by atoms with E-state index in [1.54, 1.807) is 6.92 Å². The van der Waals surface area contributed by atoms with Gasteiger partial charge in [-0.3, -0.25) is 9.59 Å². The molecule has 1 heterocycles. The first kappa shape index (κ1) is 20.4. The zero-order chi connectivity index (χ0) is 17.6. The van der Waals surface area contributed by atoms with Gasteiger partial charge < -0.3 is 15.5 Å². The fourth-order valence-corrected chi connectivity index (χ4v) is 2.70. The molecule has 1 atom stereocenters. The van der Waals surface area contributed by atoms with Crippen LogP contribution in [0.2, 0.25) is 0 Å². The average Bonchev–Trinajstić information content (AvgIpc) is 2.56. The quantitative estimate of drug-likeness (QED) is 0.776. The van der Waals surface area contributed by atoms with Gasteiger partial charge in [0, 0.05) is 39.0 Å². The van der Waals surface area contributed by atoms with E-state index >= 15 is 0 Å². The van der Waals surface area contributed by atoms with E-state index in [9.17, 15) is 9.59 Å². The molecule has 5 heteroatoms. The number of carbonyl (C=O) groups excluding carboxylic acids is 2. The van der Waals surface area contributed by atoms with E-state index in [0.29, 0.717) is 13.0 Å². The molecule has 0 bridgehead atoms. The van der Waals surface area contributed by atoms with E-state index in [0.717, 1.165) is 51.7 Å². The summed E-state index contributed by atoms with van der Waals surface area (Å²) in [5.74, 6) is 0.181. The minimum atomic E-state index is 0.0647. The smallest absolute Gasteiger partial charge is 0.221 e. The molecule has 1 saturated heterocycles. The van der Waals surface area contributed by atoms with Gasteiger partial charge >= 0.3 is 0 Å². The second kappa shape index (κ2) is 12.8. The van der Waals surface area contributed by atoms with Crippen molar-refractivity contribution in [3.63, 3.8) is 0 Å². The van der Waals surface area contributed by atoms with Crippen LogP contribution in [0.3, 0.4) is 0 Å². The van der Waals surface area contributed by atoms with Crippen molar-refractivity contribution in [3.05, 3.63) is 24.3 Å². The zero-order valence-corrected chi connectivity index (χ0v) is 15.2. The highest BCUT2D eigenvalue weighted by Gasteiger charge is 2.13. The number of nitrogens with one attached hydrogen (secondary N) is 2. The predicted octanol–water partition coefficient (Wildman–Crippen LogP) is 2.40. The van der Waals surface area contributed by atoms with Gasteiger partial charge in [0.2, 0.25) is 11.8 Å². The Morgan fingerprint density at radius 2 is 1.96 bits per heavy atom. The number of amides is 2. The Morgan fingerprint density at radius 3 is 2.71 bits per heavy atom.